The van der Waals surface area contributed by atoms with Crippen LogP contribution in [0.15, 0.2) is 0 Å². The first-order valence-electron chi connectivity index (χ1n) is 3.87. The first-order chi connectivity index (χ1) is 6.45. The van der Waals surface area contributed by atoms with Crippen LogP contribution in [0, 0.1) is 0 Å². The van der Waals surface area contributed by atoms with Crippen LogP contribution in [0.5, 0.6) is 0 Å². The minimum Gasteiger partial charge on any atom is -0.388 e. The van der Waals surface area contributed by atoms with Crippen molar-refractivity contribution in [1.82, 2.24) is 0 Å². The van der Waals surface area contributed by atoms with Gasteiger partial charge in [0.2, 0.25) is 0 Å². The lowest BCUT2D eigenvalue weighted by Crippen LogP contribution is -2.48. The summed E-state index contributed by atoms with van der Waals surface area (Å²) in [5.41, 5.74) is 0. The van der Waals surface area contributed by atoms with Gasteiger partial charge in [-0.1, -0.05) is 0 Å². The lowest BCUT2D eigenvalue weighted by Gasteiger charge is -2.23. The van der Waals surface area contributed by atoms with E-state index in [1.165, 1.54) is 0 Å². The van der Waals surface area contributed by atoms with E-state index in [1.807, 2.05) is 0 Å². The topological polar surface area (TPSA) is 118 Å². The van der Waals surface area contributed by atoms with Crippen molar-refractivity contribution in [3.8, 4) is 0 Å². The monoisotopic (exact) mass is 212 g/mol. The van der Waals surface area contributed by atoms with Gasteiger partial charge in [0.25, 0.3) is 0 Å². The summed E-state index contributed by atoms with van der Waals surface area (Å²) >= 11 is 0. The first-order valence-corrected chi connectivity index (χ1v) is 3.87. The summed E-state index contributed by atoms with van der Waals surface area (Å²) in [6, 6.07) is 0. The van der Waals surface area contributed by atoms with E-state index in [0.717, 1.165) is 0 Å². The predicted octanol–water partition coefficient (Wildman–Crippen LogP) is -3.04. The van der Waals surface area contributed by atoms with Gasteiger partial charge < -0.3 is 25.5 Å². The van der Waals surface area contributed by atoms with Gasteiger partial charge in [0, 0.05) is 0 Å². The molecule has 0 radical (unpaired) electrons. The Morgan fingerprint density at radius 3 is 2.00 bits per heavy atom. The maximum atomic E-state index is 11.8. The zero-order chi connectivity index (χ0) is 11.3. The largest absolute Gasteiger partial charge is 0.388 e. The number of carbonyl (C=O) groups excluding carboxylic acids is 1. The van der Waals surface area contributed by atoms with Gasteiger partial charge in [0.05, 0.1) is 0 Å². The SMILES string of the molecule is O=C(CO)[C@@H](O)[C@@H](O)[C@H](O)[C@H](O)CF. The Labute approximate surface area is 79.2 Å². The first kappa shape index (κ1) is 13.4. The summed E-state index contributed by atoms with van der Waals surface area (Å²) in [6.07, 6.45) is -7.94. The molecule has 0 aromatic heterocycles. The van der Waals surface area contributed by atoms with Gasteiger partial charge in [0.1, 0.15) is 37.7 Å². The van der Waals surface area contributed by atoms with E-state index in [9.17, 15) is 9.18 Å². The molecule has 0 unspecified atom stereocenters. The van der Waals surface area contributed by atoms with Gasteiger partial charge in [-0.05, 0) is 0 Å². The molecule has 0 spiro atoms. The highest BCUT2D eigenvalue weighted by atomic mass is 19.1. The summed E-state index contributed by atoms with van der Waals surface area (Å²) in [6.45, 7) is -2.34. The molecule has 0 amide bonds. The van der Waals surface area contributed by atoms with Crippen LogP contribution in [0.1, 0.15) is 0 Å². The Kier molecular flexibility index (Phi) is 5.73. The molecule has 7 heteroatoms. The second kappa shape index (κ2) is 5.99. The molecule has 0 aromatic rings. The molecule has 6 nitrogen and oxygen atoms in total. The summed E-state index contributed by atoms with van der Waals surface area (Å²) in [5.74, 6) is -1.12. The van der Waals surface area contributed by atoms with Crippen molar-refractivity contribution in [1.29, 1.82) is 0 Å². The number of halogens is 1. The molecule has 4 atom stereocenters. The van der Waals surface area contributed by atoms with Crippen molar-refractivity contribution in [2.45, 2.75) is 24.4 Å². The number of aliphatic hydroxyl groups is 5. The van der Waals surface area contributed by atoms with E-state index in [-0.39, 0.29) is 0 Å². The molecule has 0 aliphatic rings. The smallest absolute Gasteiger partial charge is 0.189 e. The normalized spacial score (nSPS) is 19.9. The standard InChI is InChI=1S/C7H13FO6/c8-1-3(10)5(12)7(14)6(13)4(11)2-9/h3,5-7,9-10,12-14H,1-2H2/t3-,5-,6-,7+/m1/s1. The van der Waals surface area contributed by atoms with E-state index in [0.29, 0.717) is 0 Å². The van der Waals surface area contributed by atoms with Gasteiger partial charge in [-0.2, -0.15) is 0 Å². The summed E-state index contributed by atoms with van der Waals surface area (Å²) in [7, 11) is 0. The number of aliphatic hydroxyl groups excluding tert-OH is 5. The molecule has 0 fully saturated rings. The highest BCUT2D eigenvalue weighted by molar-refractivity contribution is 5.84. The molecule has 0 bridgehead atoms. The zero-order valence-electron chi connectivity index (χ0n) is 7.25. The Morgan fingerprint density at radius 1 is 1.14 bits per heavy atom. The molecule has 5 N–H and O–H groups in total. The fourth-order valence-corrected chi connectivity index (χ4v) is 0.790. The minimum absolute atomic E-state index is 1.02. The van der Waals surface area contributed by atoms with E-state index < -0.39 is 43.5 Å². The second-order valence-electron chi connectivity index (χ2n) is 2.77. The van der Waals surface area contributed by atoms with Crippen LogP contribution in [0.2, 0.25) is 0 Å². The van der Waals surface area contributed by atoms with Gasteiger partial charge in [0.15, 0.2) is 5.78 Å². The number of rotatable bonds is 6. The molecule has 0 aliphatic carbocycles. The highest BCUT2D eigenvalue weighted by Gasteiger charge is 2.33. The van der Waals surface area contributed by atoms with Crippen LogP contribution in [0.4, 0.5) is 4.39 Å². The summed E-state index contributed by atoms with van der Waals surface area (Å²) < 4.78 is 11.8. The van der Waals surface area contributed by atoms with E-state index >= 15 is 0 Å². The van der Waals surface area contributed by atoms with Gasteiger partial charge in [-0.25, -0.2) is 4.39 Å². The van der Waals surface area contributed by atoms with E-state index in [1.54, 1.807) is 0 Å². The molecule has 84 valence electrons. The third kappa shape index (κ3) is 3.28. The molecular formula is C7H13FO6. The number of ketones is 1. The van der Waals surface area contributed by atoms with Gasteiger partial charge in [-0.3, -0.25) is 4.79 Å². The van der Waals surface area contributed by atoms with Crippen molar-refractivity contribution in [2.75, 3.05) is 13.3 Å². The average Bonchev–Trinajstić information content (AvgIpc) is 2.23. The molecule has 0 heterocycles. The molecule has 0 aromatic carbocycles. The van der Waals surface area contributed by atoms with Crippen LogP contribution in [0.3, 0.4) is 0 Å². The third-order valence-electron chi connectivity index (χ3n) is 1.71. The Hall–Kier alpha value is -0.600. The van der Waals surface area contributed by atoms with Gasteiger partial charge in [-0.15, -0.1) is 0 Å². The summed E-state index contributed by atoms with van der Waals surface area (Å²) in [5, 5.41) is 44.0. The van der Waals surface area contributed by atoms with Crippen LogP contribution in [0.25, 0.3) is 0 Å². The average molecular weight is 212 g/mol. The number of Topliss-reactive ketones (excluding diaryl/α,β-unsaturated/α-hetero) is 1. The maximum absolute atomic E-state index is 11.8. The summed E-state index contributed by atoms with van der Waals surface area (Å²) in [4.78, 5) is 10.6. The fraction of sp³-hybridized carbons (Fsp3) is 0.857. The highest BCUT2D eigenvalue weighted by Crippen LogP contribution is 2.06. The van der Waals surface area contributed by atoms with Crippen LogP contribution < -0.4 is 0 Å². The van der Waals surface area contributed by atoms with Gasteiger partial charge >= 0.3 is 0 Å². The van der Waals surface area contributed by atoms with Crippen LogP contribution in [-0.4, -0.2) is 69.0 Å². The molecule has 0 saturated carbocycles. The quantitative estimate of drug-likeness (QED) is 0.319. The van der Waals surface area contributed by atoms with Crippen molar-refractivity contribution in [2.24, 2.45) is 0 Å². The van der Waals surface area contributed by atoms with Crippen molar-refractivity contribution >= 4 is 5.78 Å². The third-order valence-corrected chi connectivity index (χ3v) is 1.71. The molecule has 0 saturated heterocycles. The number of hydrogen-bond acceptors (Lipinski definition) is 6. The van der Waals surface area contributed by atoms with E-state index in [4.69, 9.17) is 25.5 Å². The lowest BCUT2D eigenvalue weighted by molar-refractivity contribution is -0.148. The molecule has 0 rings (SSSR count). The van der Waals surface area contributed by atoms with Crippen LogP contribution >= 0.6 is 0 Å². The lowest BCUT2D eigenvalue weighted by atomic mass is 10.0. The molecule has 0 aliphatic heterocycles. The Balaban J connectivity index is 4.30. The Morgan fingerprint density at radius 2 is 1.64 bits per heavy atom. The number of hydrogen-bond donors (Lipinski definition) is 5. The fourth-order valence-electron chi connectivity index (χ4n) is 0.790. The predicted molar refractivity (Wildman–Crippen MR) is 42.1 cm³/mol. The second-order valence-corrected chi connectivity index (χ2v) is 2.77. The number of alkyl halides is 1. The van der Waals surface area contributed by atoms with Crippen molar-refractivity contribution < 1.29 is 34.7 Å². The van der Waals surface area contributed by atoms with Crippen molar-refractivity contribution in [3.05, 3.63) is 0 Å². The van der Waals surface area contributed by atoms with Crippen molar-refractivity contribution in [3.63, 3.8) is 0 Å². The Bertz CT molecular complexity index is 187. The molecular weight excluding hydrogens is 199 g/mol. The zero-order valence-corrected chi connectivity index (χ0v) is 7.25. The van der Waals surface area contributed by atoms with Crippen LogP contribution in [-0.2, 0) is 4.79 Å². The van der Waals surface area contributed by atoms with E-state index in [2.05, 4.69) is 0 Å². The minimum atomic E-state index is -2.05. The molecule has 14 heavy (non-hydrogen) atoms. The number of carbonyl (C=O) groups is 1. The maximum Gasteiger partial charge on any atom is 0.189 e.